The van der Waals surface area contributed by atoms with Gasteiger partial charge in [-0.25, -0.2) is 9.18 Å². The van der Waals surface area contributed by atoms with Gasteiger partial charge in [-0.1, -0.05) is 24.3 Å². The number of nitrogens with one attached hydrogen (secondary N) is 2. The number of ether oxygens (including phenoxy) is 1. The number of carbonyl (C=O) groups is 3. The zero-order valence-corrected chi connectivity index (χ0v) is 20.0. The van der Waals surface area contributed by atoms with Crippen LogP contribution in [0, 0.1) is 11.7 Å². The molecule has 7 nitrogen and oxygen atoms in total. The number of urea groups is 1. The lowest BCUT2D eigenvalue weighted by molar-refractivity contribution is -0.150. The van der Waals surface area contributed by atoms with Crippen LogP contribution in [0.3, 0.4) is 0 Å². The lowest BCUT2D eigenvalue weighted by Crippen LogP contribution is -2.56. The number of ketones is 1. The van der Waals surface area contributed by atoms with Crippen molar-refractivity contribution in [3.8, 4) is 0 Å². The van der Waals surface area contributed by atoms with Crippen LogP contribution in [0.15, 0.2) is 48.5 Å². The lowest BCUT2D eigenvalue weighted by atomic mass is 9.90. The predicted octanol–water partition coefficient (Wildman–Crippen LogP) is 4.18. The van der Waals surface area contributed by atoms with Crippen molar-refractivity contribution in [3.63, 3.8) is 0 Å². The third-order valence-electron chi connectivity index (χ3n) is 6.68. The van der Waals surface area contributed by atoms with Gasteiger partial charge in [0.1, 0.15) is 5.82 Å². The molecular formula is C27H32FN3O4. The first-order valence-electron chi connectivity index (χ1n) is 12.2. The van der Waals surface area contributed by atoms with Crippen LogP contribution in [0.2, 0.25) is 0 Å². The number of Topliss-reactive ketones (excluding diaryl/α,β-unsaturated/α-hetero) is 1. The van der Waals surface area contributed by atoms with Crippen LogP contribution >= 0.6 is 0 Å². The number of benzene rings is 2. The van der Waals surface area contributed by atoms with E-state index in [1.165, 1.54) is 19.1 Å². The molecular weight excluding hydrogens is 449 g/mol. The second kappa shape index (κ2) is 11.4. The van der Waals surface area contributed by atoms with Crippen molar-refractivity contribution in [1.29, 1.82) is 0 Å². The van der Waals surface area contributed by atoms with E-state index in [0.29, 0.717) is 43.3 Å². The minimum Gasteiger partial charge on any atom is -0.366 e. The van der Waals surface area contributed by atoms with Gasteiger partial charge in [0.25, 0.3) is 5.91 Å². The fourth-order valence-corrected chi connectivity index (χ4v) is 4.89. The van der Waals surface area contributed by atoms with Gasteiger partial charge in [0.15, 0.2) is 11.9 Å². The topological polar surface area (TPSA) is 87.7 Å². The molecule has 3 unspecified atom stereocenters. The van der Waals surface area contributed by atoms with Crippen molar-refractivity contribution < 1.29 is 23.5 Å². The Hall–Kier alpha value is -3.26. The van der Waals surface area contributed by atoms with Gasteiger partial charge < -0.3 is 20.3 Å². The Bertz CT molecular complexity index is 1060. The molecule has 8 heteroatoms. The SMILES string of the molecule is CC(=O)c1cccc(NC(=O)NC2CCCOC2C(=O)N2CCCC(Cc3ccc(F)cc3)C2)c1. The average molecular weight is 482 g/mol. The number of anilines is 1. The summed E-state index contributed by atoms with van der Waals surface area (Å²) in [5.74, 6) is -0.139. The van der Waals surface area contributed by atoms with Gasteiger partial charge in [0.2, 0.25) is 0 Å². The number of rotatable bonds is 6. The van der Waals surface area contributed by atoms with E-state index < -0.39 is 18.2 Å². The van der Waals surface area contributed by atoms with Crippen LogP contribution in [0.1, 0.15) is 48.5 Å². The molecule has 0 radical (unpaired) electrons. The van der Waals surface area contributed by atoms with Crippen LogP contribution in [-0.4, -0.2) is 54.5 Å². The highest BCUT2D eigenvalue weighted by Crippen LogP contribution is 2.24. The number of hydrogen-bond donors (Lipinski definition) is 2. The van der Waals surface area contributed by atoms with E-state index in [1.54, 1.807) is 36.4 Å². The normalized spacial score (nSPS) is 22.3. The van der Waals surface area contributed by atoms with Gasteiger partial charge in [0, 0.05) is 30.9 Å². The van der Waals surface area contributed by atoms with Crippen molar-refractivity contribution in [2.75, 3.05) is 25.0 Å². The summed E-state index contributed by atoms with van der Waals surface area (Å²) in [6.45, 7) is 3.23. The molecule has 3 amide bonds. The number of carbonyl (C=O) groups excluding carboxylic acids is 3. The number of nitrogens with zero attached hydrogens (tertiary/aromatic N) is 1. The number of likely N-dealkylation sites (tertiary alicyclic amines) is 1. The zero-order valence-electron chi connectivity index (χ0n) is 20.0. The highest BCUT2D eigenvalue weighted by atomic mass is 19.1. The first-order chi connectivity index (χ1) is 16.9. The van der Waals surface area contributed by atoms with Crippen molar-refractivity contribution >= 4 is 23.4 Å². The Kier molecular flexibility index (Phi) is 8.13. The maximum absolute atomic E-state index is 13.4. The predicted molar refractivity (Wildman–Crippen MR) is 131 cm³/mol. The third-order valence-corrected chi connectivity index (χ3v) is 6.68. The molecule has 0 spiro atoms. The van der Waals surface area contributed by atoms with E-state index in [2.05, 4.69) is 10.6 Å². The number of piperidine rings is 1. The van der Waals surface area contributed by atoms with Crippen LogP contribution in [-0.2, 0) is 16.0 Å². The first-order valence-corrected chi connectivity index (χ1v) is 12.2. The fourth-order valence-electron chi connectivity index (χ4n) is 4.89. The largest absolute Gasteiger partial charge is 0.366 e. The molecule has 2 aliphatic rings. The van der Waals surface area contributed by atoms with Crippen LogP contribution < -0.4 is 10.6 Å². The molecule has 35 heavy (non-hydrogen) atoms. The summed E-state index contributed by atoms with van der Waals surface area (Å²) in [7, 11) is 0. The molecule has 0 aromatic heterocycles. The molecule has 2 aromatic carbocycles. The Morgan fingerprint density at radius 1 is 1.09 bits per heavy atom. The number of amides is 3. The quantitative estimate of drug-likeness (QED) is 0.606. The molecule has 0 aliphatic carbocycles. The maximum Gasteiger partial charge on any atom is 0.319 e. The van der Waals surface area contributed by atoms with E-state index in [1.807, 2.05) is 4.90 Å². The molecule has 3 atom stereocenters. The van der Waals surface area contributed by atoms with Gasteiger partial charge in [0.05, 0.1) is 6.04 Å². The molecule has 2 N–H and O–H groups in total. The van der Waals surface area contributed by atoms with Crippen molar-refractivity contribution in [3.05, 3.63) is 65.5 Å². The van der Waals surface area contributed by atoms with Crippen molar-refractivity contribution in [2.45, 2.75) is 51.2 Å². The molecule has 186 valence electrons. The maximum atomic E-state index is 13.4. The van der Waals surface area contributed by atoms with Gasteiger partial charge >= 0.3 is 6.03 Å². The molecule has 0 bridgehead atoms. The summed E-state index contributed by atoms with van der Waals surface area (Å²) in [6.07, 6.45) is 3.36. The van der Waals surface area contributed by atoms with Gasteiger partial charge in [-0.05, 0) is 74.8 Å². The molecule has 2 aromatic rings. The third kappa shape index (κ3) is 6.66. The first kappa shape index (κ1) is 24.9. The molecule has 2 fully saturated rings. The molecule has 2 aliphatic heterocycles. The van der Waals surface area contributed by atoms with E-state index >= 15 is 0 Å². The number of halogens is 1. The number of hydrogen-bond acceptors (Lipinski definition) is 4. The van der Waals surface area contributed by atoms with Gasteiger partial charge in [-0.15, -0.1) is 0 Å². The van der Waals surface area contributed by atoms with Crippen LogP contribution in [0.5, 0.6) is 0 Å². The zero-order chi connectivity index (χ0) is 24.8. The molecule has 0 saturated carbocycles. The minimum atomic E-state index is -0.734. The second-order valence-electron chi connectivity index (χ2n) is 9.40. The van der Waals surface area contributed by atoms with E-state index in [4.69, 9.17) is 4.74 Å². The average Bonchev–Trinajstić information content (AvgIpc) is 2.85. The molecule has 2 saturated heterocycles. The van der Waals surface area contributed by atoms with Gasteiger partial charge in [-0.3, -0.25) is 9.59 Å². The summed E-state index contributed by atoms with van der Waals surface area (Å²) in [5, 5.41) is 5.65. The highest BCUT2D eigenvalue weighted by Gasteiger charge is 2.37. The van der Waals surface area contributed by atoms with Crippen LogP contribution in [0.25, 0.3) is 0 Å². The molecule has 4 rings (SSSR count). The van der Waals surface area contributed by atoms with Crippen LogP contribution in [0.4, 0.5) is 14.9 Å². The highest BCUT2D eigenvalue weighted by molar-refractivity contribution is 5.97. The van der Waals surface area contributed by atoms with E-state index in [9.17, 15) is 18.8 Å². The monoisotopic (exact) mass is 481 g/mol. The standard InChI is InChI=1S/C27H32FN3O4/c1-18(32)21-6-2-7-23(16-21)29-27(34)30-24-8-4-14-35-25(24)26(33)31-13-3-5-20(17-31)15-19-9-11-22(28)12-10-19/h2,6-7,9-12,16,20,24-25H,3-5,8,13-15,17H2,1H3,(H2,29,30,34). The van der Waals surface area contributed by atoms with E-state index in [0.717, 1.165) is 31.2 Å². The van der Waals surface area contributed by atoms with Crippen molar-refractivity contribution in [1.82, 2.24) is 10.2 Å². The minimum absolute atomic E-state index is 0.0836. The van der Waals surface area contributed by atoms with Gasteiger partial charge in [-0.2, -0.15) is 0 Å². The lowest BCUT2D eigenvalue weighted by Gasteiger charge is -2.38. The summed E-state index contributed by atoms with van der Waals surface area (Å²) >= 11 is 0. The van der Waals surface area contributed by atoms with Crippen molar-refractivity contribution in [2.24, 2.45) is 5.92 Å². The fraction of sp³-hybridized carbons (Fsp3) is 0.444. The Labute approximate surface area is 205 Å². The summed E-state index contributed by atoms with van der Waals surface area (Å²) in [4.78, 5) is 39.5. The smallest absolute Gasteiger partial charge is 0.319 e. The second-order valence-corrected chi connectivity index (χ2v) is 9.40. The summed E-state index contributed by atoms with van der Waals surface area (Å²) < 4.78 is 19.1. The molecule has 2 heterocycles. The Morgan fingerprint density at radius 3 is 2.66 bits per heavy atom. The summed E-state index contributed by atoms with van der Waals surface area (Å²) in [5.41, 5.74) is 2.08. The Balaban J connectivity index is 1.36. The Morgan fingerprint density at radius 2 is 1.89 bits per heavy atom. The summed E-state index contributed by atoms with van der Waals surface area (Å²) in [6, 6.07) is 12.4. The van der Waals surface area contributed by atoms with E-state index in [-0.39, 0.29) is 17.5 Å².